The van der Waals surface area contributed by atoms with E-state index >= 15 is 0 Å². The summed E-state index contributed by atoms with van der Waals surface area (Å²) in [6.45, 7) is 2.97. The summed E-state index contributed by atoms with van der Waals surface area (Å²) >= 11 is 6.34. The van der Waals surface area contributed by atoms with Crippen molar-refractivity contribution in [2.75, 3.05) is 19.0 Å². The first-order chi connectivity index (χ1) is 15.7. The van der Waals surface area contributed by atoms with Gasteiger partial charge in [-0.3, -0.25) is 0 Å². The van der Waals surface area contributed by atoms with Gasteiger partial charge in [0.05, 0.1) is 12.7 Å². The van der Waals surface area contributed by atoms with E-state index in [2.05, 4.69) is 60.8 Å². The molecule has 32 heavy (non-hydrogen) atoms. The fourth-order valence-electron chi connectivity index (χ4n) is 4.41. The predicted octanol–water partition coefficient (Wildman–Crippen LogP) is 7.60. The summed E-state index contributed by atoms with van der Waals surface area (Å²) in [4.78, 5) is 0. The maximum Gasteiger partial charge on any atom is 0.150 e. The second-order valence-electron chi connectivity index (χ2n) is 7.76. The SMILES string of the molecule is CCNc1ccccc1-c1ccc2c(c1)C(c1cccc(Cl)c1)Oc1cccc(OC)c1-2. The zero-order chi connectivity index (χ0) is 22.1. The monoisotopic (exact) mass is 441 g/mol. The minimum atomic E-state index is -0.269. The number of fused-ring (bicyclic) bond motifs is 3. The van der Waals surface area contributed by atoms with Crippen molar-refractivity contribution in [1.82, 2.24) is 0 Å². The lowest BCUT2D eigenvalue weighted by Gasteiger charge is -2.31. The number of halogens is 1. The van der Waals surface area contributed by atoms with Crippen LogP contribution in [0.4, 0.5) is 5.69 Å². The van der Waals surface area contributed by atoms with Gasteiger partial charge in [0.1, 0.15) is 17.6 Å². The van der Waals surface area contributed by atoms with Gasteiger partial charge in [0.25, 0.3) is 0 Å². The molecule has 1 atom stereocenters. The first kappa shape index (κ1) is 20.5. The Bertz CT molecular complexity index is 1280. The Morgan fingerprint density at radius 2 is 1.75 bits per heavy atom. The number of ether oxygens (including phenoxy) is 2. The first-order valence-electron chi connectivity index (χ1n) is 10.8. The number of rotatable bonds is 5. The van der Waals surface area contributed by atoms with E-state index < -0.39 is 0 Å². The summed E-state index contributed by atoms with van der Waals surface area (Å²) in [5.41, 5.74) is 7.61. The summed E-state index contributed by atoms with van der Waals surface area (Å²) in [6, 6.07) is 28.8. The Kier molecular flexibility index (Phi) is 5.50. The Balaban J connectivity index is 1.73. The van der Waals surface area contributed by atoms with E-state index in [1.54, 1.807) is 7.11 Å². The lowest BCUT2D eigenvalue weighted by atomic mass is 9.86. The van der Waals surface area contributed by atoms with E-state index in [1.807, 2.05) is 36.4 Å². The Labute approximate surface area is 193 Å². The molecule has 0 spiro atoms. The highest BCUT2D eigenvalue weighted by atomic mass is 35.5. The van der Waals surface area contributed by atoms with Crippen molar-refractivity contribution in [3.05, 3.63) is 101 Å². The molecular formula is C28H24ClNO2. The largest absolute Gasteiger partial charge is 0.496 e. The second-order valence-corrected chi connectivity index (χ2v) is 8.20. The van der Waals surface area contributed by atoms with E-state index in [1.165, 1.54) is 0 Å². The molecule has 0 saturated heterocycles. The fraction of sp³-hybridized carbons (Fsp3) is 0.143. The highest BCUT2D eigenvalue weighted by Crippen LogP contribution is 2.50. The van der Waals surface area contributed by atoms with Crippen LogP contribution in [-0.4, -0.2) is 13.7 Å². The molecule has 5 rings (SSSR count). The Morgan fingerprint density at radius 1 is 0.906 bits per heavy atom. The van der Waals surface area contributed by atoms with Crippen molar-refractivity contribution in [2.24, 2.45) is 0 Å². The topological polar surface area (TPSA) is 30.5 Å². The zero-order valence-corrected chi connectivity index (χ0v) is 18.8. The van der Waals surface area contributed by atoms with Crippen molar-refractivity contribution in [3.8, 4) is 33.8 Å². The number of hydrogen-bond donors (Lipinski definition) is 1. The molecule has 1 N–H and O–H groups in total. The molecule has 4 aromatic carbocycles. The third kappa shape index (κ3) is 3.59. The quantitative estimate of drug-likeness (QED) is 0.346. The van der Waals surface area contributed by atoms with Crippen molar-refractivity contribution in [3.63, 3.8) is 0 Å². The number of benzene rings is 4. The number of methoxy groups -OCH3 is 1. The van der Waals surface area contributed by atoms with Crippen LogP contribution in [0.5, 0.6) is 11.5 Å². The summed E-state index contributed by atoms with van der Waals surface area (Å²) in [7, 11) is 1.69. The number of para-hydroxylation sites is 1. The minimum absolute atomic E-state index is 0.269. The normalized spacial score (nSPS) is 14.2. The minimum Gasteiger partial charge on any atom is -0.496 e. The van der Waals surface area contributed by atoms with Crippen LogP contribution in [0, 0.1) is 0 Å². The third-order valence-corrected chi connectivity index (χ3v) is 6.05. The van der Waals surface area contributed by atoms with Gasteiger partial charge < -0.3 is 14.8 Å². The summed E-state index contributed by atoms with van der Waals surface area (Å²) in [5.74, 6) is 1.61. The van der Waals surface area contributed by atoms with Gasteiger partial charge in [-0.05, 0) is 60.0 Å². The Morgan fingerprint density at radius 3 is 2.56 bits per heavy atom. The van der Waals surface area contributed by atoms with Gasteiger partial charge in [0.2, 0.25) is 0 Å². The van der Waals surface area contributed by atoms with Gasteiger partial charge >= 0.3 is 0 Å². The molecule has 0 radical (unpaired) electrons. The number of hydrogen-bond acceptors (Lipinski definition) is 3. The van der Waals surface area contributed by atoms with Gasteiger partial charge in [-0.2, -0.15) is 0 Å². The van der Waals surface area contributed by atoms with Crippen molar-refractivity contribution in [2.45, 2.75) is 13.0 Å². The maximum absolute atomic E-state index is 6.56. The van der Waals surface area contributed by atoms with Crippen LogP contribution in [0.1, 0.15) is 24.2 Å². The molecule has 1 heterocycles. The van der Waals surface area contributed by atoms with Crippen LogP contribution in [0.15, 0.2) is 84.9 Å². The molecule has 160 valence electrons. The maximum atomic E-state index is 6.56. The van der Waals surface area contributed by atoms with Crippen molar-refractivity contribution >= 4 is 17.3 Å². The standard InChI is InChI=1S/C28H24ClNO2/c1-3-30-24-11-5-4-10-21(24)18-14-15-22-23(17-18)28(19-8-6-9-20(29)16-19)32-26-13-7-12-25(31-2)27(22)26/h4-17,28,30H,3H2,1-2H3. The predicted molar refractivity (Wildman–Crippen MR) is 132 cm³/mol. The molecule has 0 bridgehead atoms. The fourth-order valence-corrected chi connectivity index (χ4v) is 4.61. The highest BCUT2D eigenvalue weighted by molar-refractivity contribution is 6.30. The average molecular weight is 442 g/mol. The molecule has 1 aliphatic heterocycles. The number of nitrogens with one attached hydrogen (secondary N) is 1. The molecule has 0 saturated carbocycles. The molecule has 1 aliphatic rings. The molecule has 0 aromatic heterocycles. The van der Waals surface area contributed by atoms with Gasteiger partial charge in [-0.15, -0.1) is 0 Å². The molecule has 0 aliphatic carbocycles. The van der Waals surface area contributed by atoms with Gasteiger partial charge in [0, 0.05) is 28.4 Å². The van der Waals surface area contributed by atoms with Crippen LogP contribution in [0.3, 0.4) is 0 Å². The molecule has 4 aromatic rings. The van der Waals surface area contributed by atoms with E-state index in [9.17, 15) is 0 Å². The molecule has 3 nitrogen and oxygen atoms in total. The van der Waals surface area contributed by atoms with Crippen LogP contribution in [0.2, 0.25) is 5.02 Å². The highest BCUT2D eigenvalue weighted by Gasteiger charge is 2.30. The number of anilines is 1. The van der Waals surface area contributed by atoms with E-state index in [4.69, 9.17) is 21.1 Å². The van der Waals surface area contributed by atoms with Crippen LogP contribution in [0.25, 0.3) is 22.3 Å². The van der Waals surface area contributed by atoms with Crippen LogP contribution >= 0.6 is 11.6 Å². The van der Waals surface area contributed by atoms with E-state index in [0.29, 0.717) is 5.02 Å². The van der Waals surface area contributed by atoms with Crippen LogP contribution < -0.4 is 14.8 Å². The molecule has 0 fully saturated rings. The molecular weight excluding hydrogens is 418 g/mol. The molecule has 1 unspecified atom stereocenters. The van der Waals surface area contributed by atoms with E-state index in [0.717, 1.165) is 57.1 Å². The van der Waals surface area contributed by atoms with Gasteiger partial charge in [-0.1, -0.05) is 60.1 Å². The third-order valence-electron chi connectivity index (χ3n) is 5.81. The van der Waals surface area contributed by atoms with Gasteiger partial charge in [-0.25, -0.2) is 0 Å². The zero-order valence-electron chi connectivity index (χ0n) is 18.1. The van der Waals surface area contributed by atoms with Crippen molar-refractivity contribution < 1.29 is 9.47 Å². The average Bonchev–Trinajstić information content (AvgIpc) is 2.83. The van der Waals surface area contributed by atoms with Crippen molar-refractivity contribution in [1.29, 1.82) is 0 Å². The summed E-state index contributed by atoms with van der Waals surface area (Å²) in [5, 5.41) is 4.16. The first-order valence-corrected chi connectivity index (χ1v) is 11.1. The van der Waals surface area contributed by atoms with Gasteiger partial charge in [0.15, 0.2) is 0 Å². The van der Waals surface area contributed by atoms with Crippen LogP contribution in [-0.2, 0) is 0 Å². The Hall–Kier alpha value is -3.43. The smallest absolute Gasteiger partial charge is 0.150 e. The second kappa shape index (κ2) is 8.60. The summed E-state index contributed by atoms with van der Waals surface area (Å²) in [6.07, 6.45) is -0.269. The summed E-state index contributed by atoms with van der Waals surface area (Å²) < 4.78 is 12.2. The lowest BCUT2D eigenvalue weighted by Crippen LogP contribution is -2.16. The lowest BCUT2D eigenvalue weighted by molar-refractivity contribution is 0.242. The van der Waals surface area contributed by atoms with E-state index in [-0.39, 0.29) is 6.10 Å². The molecule has 0 amide bonds. The molecule has 4 heteroatoms.